The molecule has 0 saturated carbocycles. The molecule has 2 aromatic carbocycles. The summed E-state index contributed by atoms with van der Waals surface area (Å²) in [6.45, 7) is 7.04. The first kappa shape index (κ1) is 56.2. The van der Waals surface area contributed by atoms with Crippen LogP contribution in [0.1, 0.15) is 77.8 Å². The molecule has 67 heavy (non-hydrogen) atoms. The average molecular weight is 941 g/mol. The van der Waals surface area contributed by atoms with Gasteiger partial charge in [0.05, 0.1) is 12.6 Å². The van der Waals surface area contributed by atoms with E-state index in [0.717, 1.165) is 0 Å². The predicted octanol–water partition coefficient (Wildman–Crippen LogP) is -1.28. The predicted molar refractivity (Wildman–Crippen MR) is 240 cm³/mol. The van der Waals surface area contributed by atoms with E-state index >= 15 is 0 Å². The smallest absolute Gasteiger partial charge is 0.326 e. The van der Waals surface area contributed by atoms with Crippen molar-refractivity contribution in [3.63, 3.8) is 0 Å². The Bertz CT molecular complexity index is 2020. The SMILES string of the molecule is CC(C)C[C@H](NC(=O)[C@@H](NC(=O)[C@@H](N)CCC(=O)O)C(C)C)C(=O)N[C@@H](Cc1ccccc1)C(=O)N[C@@H](CO)C(=O)N[C@@H](C)C(=O)N[C@@H](CCC(=O)O)C(=O)N[C@@H](Cc1ccccc1)C(=O)O. The van der Waals surface area contributed by atoms with Crippen molar-refractivity contribution in [2.24, 2.45) is 17.6 Å². The Morgan fingerprint density at radius 1 is 0.493 bits per heavy atom. The molecule has 2 rings (SSSR count). The quantitative estimate of drug-likeness (QED) is 0.0452. The van der Waals surface area contributed by atoms with E-state index in [1.807, 2.05) is 0 Å². The summed E-state index contributed by atoms with van der Waals surface area (Å²) in [6.07, 6.45) is -1.79. The highest BCUT2D eigenvalue weighted by Crippen LogP contribution is 2.12. The standard InChI is InChI=1S/C45H64N8O14/c1-24(2)20-31(50-44(65)37(25(3)4)53-39(60)29(46)16-18-35(55)56)41(62)49-32(21-27-12-8-6-9-13-27)42(63)52-34(23-54)43(64)47-26(5)38(59)48-30(17-19-36(57)58)40(61)51-33(45(66)67)22-28-14-10-7-11-15-28/h6-15,24-26,29-34,37,54H,16-23,46H2,1-5H3,(H,47,64)(H,48,59)(H,49,62)(H,50,65)(H,51,61)(H,52,63)(H,53,60)(H,55,56)(H,57,58)(H,66,67)/t26-,29-,30-,31-,32-,33-,34-,37-/m0/s1. The maximum atomic E-state index is 14.0. The first-order valence-corrected chi connectivity index (χ1v) is 21.8. The number of hydrogen-bond donors (Lipinski definition) is 12. The summed E-state index contributed by atoms with van der Waals surface area (Å²) in [7, 11) is 0. The minimum Gasteiger partial charge on any atom is -0.481 e. The van der Waals surface area contributed by atoms with Crippen molar-refractivity contribution in [2.75, 3.05) is 6.61 Å². The summed E-state index contributed by atoms with van der Waals surface area (Å²) in [5.41, 5.74) is 7.00. The number of carboxylic acid groups (broad SMARTS) is 3. The van der Waals surface area contributed by atoms with Crippen LogP contribution in [-0.2, 0) is 60.8 Å². The monoisotopic (exact) mass is 940 g/mol. The maximum absolute atomic E-state index is 14.0. The van der Waals surface area contributed by atoms with E-state index < -0.39 is 133 Å². The summed E-state index contributed by atoms with van der Waals surface area (Å²) in [5, 5.41) is 55.3. The molecule has 13 N–H and O–H groups in total. The molecular formula is C45H64N8O14. The molecule has 22 nitrogen and oxygen atoms in total. The van der Waals surface area contributed by atoms with Crippen molar-refractivity contribution < 1.29 is 68.4 Å². The maximum Gasteiger partial charge on any atom is 0.326 e. The summed E-state index contributed by atoms with van der Waals surface area (Å²) in [4.78, 5) is 129. The molecule has 0 aliphatic carbocycles. The Kier molecular flexibility index (Phi) is 23.6. The van der Waals surface area contributed by atoms with Crippen LogP contribution in [0, 0.1) is 11.8 Å². The van der Waals surface area contributed by atoms with Crippen molar-refractivity contribution in [3.05, 3.63) is 71.8 Å². The Morgan fingerprint density at radius 2 is 0.925 bits per heavy atom. The largest absolute Gasteiger partial charge is 0.481 e. The van der Waals surface area contributed by atoms with Crippen LogP contribution in [0.15, 0.2) is 60.7 Å². The van der Waals surface area contributed by atoms with Gasteiger partial charge in [0.1, 0.15) is 42.3 Å². The fourth-order valence-electron chi connectivity index (χ4n) is 6.50. The minimum absolute atomic E-state index is 0.0718. The normalized spacial score (nSPS) is 14.6. The summed E-state index contributed by atoms with van der Waals surface area (Å²) in [6, 6.07) is 5.53. The van der Waals surface area contributed by atoms with Gasteiger partial charge in [0.2, 0.25) is 41.4 Å². The van der Waals surface area contributed by atoms with Gasteiger partial charge in [0, 0.05) is 25.7 Å². The van der Waals surface area contributed by atoms with Crippen LogP contribution >= 0.6 is 0 Å². The lowest BCUT2D eigenvalue weighted by atomic mass is 9.98. The number of amides is 7. The van der Waals surface area contributed by atoms with Gasteiger partial charge in [-0.05, 0) is 49.1 Å². The van der Waals surface area contributed by atoms with Crippen LogP contribution < -0.4 is 43.0 Å². The molecule has 0 unspecified atom stereocenters. The summed E-state index contributed by atoms with van der Waals surface area (Å²) < 4.78 is 0. The molecule has 0 spiro atoms. The molecule has 368 valence electrons. The van der Waals surface area contributed by atoms with Crippen molar-refractivity contribution >= 4 is 59.3 Å². The Morgan fingerprint density at radius 3 is 1.42 bits per heavy atom. The molecular weight excluding hydrogens is 877 g/mol. The van der Waals surface area contributed by atoms with Crippen molar-refractivity contribution in [1.29, 1.82) is 0 Å². The third-order valence-corrected chi connectivity index (χ3v) is 10.3. The van der Waals surface area contributed by atoms with Crippen molar-refractivity contribution in [3.8, 4) is 0 Å². The van der Waals surface area contributed by atoms with Crippen LogP contribution in [0.4, 0.5) is 0 Å². The van der Waals surface area contributed by atoms with E-state index in [-0.39, 0.29) is 38.0 Å². The molecule has 0 saturated heterocycles. The first-order chi connectivity index (χ1) is 31.5. The molecule has 0 fully saturated rings. The second kappa shape index (κ2) is 28.2. The zero-order valence-electron chi connectivity index (χ0n) is 38.2. The number of aliphatic hydroxyl groups is 1. The van der Waals surface area contributed by atoms with Crippen LogP contribution in [-0.4, -0.2) is 135 Å². The average Bonchev–Trinajstić information content (AvgIpc) is 3.26. The summed E-state index contributed by atoms with van der Waals surface area (Å²) >= 11 is 0. The third-order valence-electron chi connectivity index (χ3n) is 10.3. The molecule has 0 aliphatic heterocycles. The van der Waals surface area contributed by atoms with Crippen LogP contribution in [0.25, 0.3) is 0 Å². The van der Waals surface area contributed by atoms with Gasteiger partial charge in [0.25, 0.3) is 0 Å². The topological polar surface area (TPSA) is 362 Å². The number of hydrogen-bond acceptors (Lipinski definition) is 12. The number of nitrogens with two attached hydrogens (primary N) is 1. The van der Waals surface area contributed by atoms with E-state index in [0.29, 0.717) is 11.1 Å². The minimum atomic E-state index is -1.71. The summed E-state index contributed by atoms with van der Waals surface area (Å²) in [5.74, 6) is -10.9. The van der Waals surface area contributed by atoms with Gasteiger partial charge in [-0.2, -0.15) is 0 Å². The van der Waals surface area contributed by atoms with E-state index in [2.05, 4.69) is 37.2 Å². The highest BCUT2D eigenvalue weighted by Gasteiger charge is 2.35. The van der Waals surface area contributed by atoms with E-state index in [1.165, 1.54) is 6.92 Å². The second-order valence-electron chi connectivity index (χ2n) is 16.8. The number of aliphatic carboxylic acids is 3. The molecule has 0 heterocycles. The molecule has 7 amide bonds. The van der Waals surface area contributed by atoms with E-state index in [4.69, 9.17) is 10.8 Å². The molecule has 2 aromatic rings. The highest BCUT2D eigenvalue weighted by molar-refractivity contribution is 5.97. The third kappa shape index (κ3) is 20.4. The van der Waals surface area contributed by atoms with E-state index in [9.17, 15) is 63.3 Å². The lowest BCUT2D eigenvalue weighted by molar-refractivity contribution is -0.143. The molecule has 0 aliphatic rings. The Hall–Kier alpha value is -6.94. The zero-order chi connectivity index (χ0) is 50.4. The number of nitrogens with one attached hydrogen (secondary N) is 7. The number of aliphatic hydroxyl groups excluding tert-OH is 1. The van der Waals surface area contributed by atoms with Crippen molar-refractivity contribution in [2.45, 2.75) is 128 Å². The number of carbonyl (C=O) groups is 10. The molecule has 0 aromatic heterocycles. The van der Waals surface area contributed by atoms with Crippen LogP contribution in [0.3, 0.4) is 0 Å². The fraction of sp³-hybridized carbons (Fsp3) is 0.511. The number of carboxylic acids is 3. The molecule has 0 radical (unpaired) electrons. The molecule has 22 heteroatoms. The number of rotatable bonds is 29. The van der Waals surface area contributed by atoms with Crippen molar-refractivity contribution in [1.82, 2.24) is 37.2 Å². The van der Waals surface area contributed by atoms with Crippen LogP contribution in [0.2, 0.25) is 0 Å². The Balaban J connectivity index is 2.25. The van der Waals surface area contributed by atoms with Gasteiger partial charge < -0.3 is 63.4 Å². The van der Waals surface area contributed by atoms with Gasteiger partial charge in [0.15, 0.2) is 0 Å². The number of carbonyl (C=O) groups excluding carboxylic acids is 7. The van der Waals surface area contributed by atoms with Gasteiger partial charge in [-0.25, -0.2) is 4.79 Å². The van der Waals surface area contributed by atoms with Gasteiger partial charge in [-0.15, -0.1) is 0 Å². The number of benzene rings is 2. The second-order valence-corrected chi connectivity index (χ2v) is 16.8. The first-order valence-electron chi connectivity index (χ1n) is 21.8. The lowest BCUT2D eigenvalue weighted by Crippen LogP contribution is -2.61. The Labute approximate surface area is 388 Å². The fourth-order valence-corrected chi connectivity index (χ4v) is 6.50. The van der Waals surface area contributed by atoms with Gasteiger partial charge >= 0.3 is 17.9 Å². The highest BCUT2D eigenvalue weighted by atomic mass is 16.4. The molecule has 8 atom stereocenters. The molecule has 0 bridgehead atoms. The van der Waals surface area contributed by atoms with E-state index in [1.54, 1.807) is 88.4 Å². The lowest BCUT2D eigenvalue weighted by Gasteiger charge is -2.28. The van der Waals surface area contributed by atoms with Gasteiger partial charge in [-0.1, -0.05) is 88.4 Å². The zero-order valence-corrected chi connectivity index (χ0v) is 38.2. The van der Waals surface area contributed by atoms with Gasteiger partial charge in [-0.3, -0.25) is 43.2 Å². The van der Waals surface area contributed by atoms with Crippen LogP contribution in [0.5, 0.6) is 0 Å².